The molecule has 18 heteroatoms. The number of carbonyl (C=O) groups excluding carboxylic acids is 7. The Morgan fingerprint density at radius 2 is 1.18 bits per heavy atom. The van der Waals surface area contributed by atoms with Crippen LogP contribution in [0.4, 0.5) is 11.6 Å². The molecule has 3 aliphatic rings. The molecule has 0 aliphatic heterocycles. The van der Waals surface area contributed by atoms with Gasteiger partial charge in [0.15, 0.2) is 29.8 Å². The van der Waals surface area contributed by atoms with Crippen LogP contribution in [0.1, 0.15) is 101 Å². The molecule has 0 spiro atoms. The molecular formula is C39H41Br2ClN6O9. The number of imide groups is 1. The summed E-state index contributed by atoms with van der Waals surface area (Å²) in [5.74, 6) is -2.37. The molecule has 4 aromatic rings. The average Bonchev–Trinajstić information content (AvgIpc) is 4.04. The van der Waals surface area contributed by atoms with Crippen molar-refractivity contribution in [3.8, 4) is 11.4 Å². The number of amides is 2. The molecule has 2 heterocycles. The van der Waals surface area contributed by atoms with Crippen molar-refractivity contribution in [1.29, 1.82) is 0 Å². The molecule has 3 saturated carbocycles. The Morgan fingerprint density at radius 3 is 1.54 bits per heavy atom. The second-order valence-corrected chi connectivity index (χ2v) is 15.0. The highest BCUT2D eigenvalue weighted by Gasteiger charge is 2.45. The predicted molar refractivity (Wildman–Crippen MR) is 218 cm³/mol. The summed E-state index contributed by atoms with van der Waals surface area (Å²) < 4.78 is 14.1. The van der Waals surface area contributed by atoms with Gasteiger partial charge in [0.1, 0.15) is 5.82 Å². The first-order chi connectivity index (χ1) is 26.8. The van der Waals surface area contributed by atoms with E-state index in [1.54, 1.807) is 50.2 Å². The summed E-state index contributed by atoms with van der Waals surface area (Å²) in [4.78, 5) is 84.7. The maximum atomic E-state index is 13.1. The number of ether oxygens (including phenoxy) is 2. The van der Waals surface area contributed by atoms with Crippen molar-refractivity contribution >= 4 is 96.7 Å². The minimum Gasteiger partial charge on any atom is -0.461 e. The van der Waals surface area contributed by atoms with Crippen LogP contribution in [0.25, 0.3) is 11.4 Å². The fourth-order valence-corrected chi connectivity index (χ4v) is 6.24. The average molecular weight is 933 g/mol. The van der Waals surface area contributed by atoms with Crippen molar-refractivity contribution in [3.05, 3.63) is 80.0 Å². The van der Waals surface area contributed by atoms with E-state index < -0.39 is 11.9 Å². The Hall–Kier alpha value is -5.00. The molecule has 15 nitrogen and oxygen atoms in total. The van der Waals surface area contributed by atoms with E-state index in [-0.39, 0.29) is 89.6 Å². The minimum absolute atomic E-state index is 0. The summed E-state index contributed by atoms with van der Waals surface area (Å²) in [6.45, 7) is 3.61. The second-order valence-electron chi connectivity index (χ2n) is 12.8. The van der Waals surface area contributed by atoms with Crippen molar-refractivity contribution in [3.63, 3.8) is 0 Å². The first-order valence-electron chi connectivity index (χ1n) is 17.7. The van der Waals surface area contributed by atoms with Crippen molar-refractivity contribution < 1.29 is 43.0 Å². The normalized spacial score (nSPS) is 14.0. The van der Waals surface area contributed by atoms with E-state index in [1.807, 2.05) is 12.1 Å². The number of hydrogen-bond donors (Lipinski definition) is 1. The Labute approximate surface area is 350 Å². The number of carbonyl (C=O) groups is 7. The standard InChI is InChI=1S/C21H20BrN3O5.C13H12BrN3O3.C4H5ClO.CH4/c1-2-30-21(29)17-16(11-26)18(25(23-17)15-5-3-4-14(22)10-15)24(19(27)12-6-7-12)20(28)13-8-9-13;1-2-20-13(19)11-10(7-18)12(15)17(16-11)9-5-3-4-8(14)6-9;5-4(6)3-1-2-3;/h3-5,10-13H,2,6-9H2,1H3;3-7H,2,15H2,1H3;3H,1-2H2;1H4. The molecule has 3 aliphatic carbocycles. The summed E-state index contributed by atoms with van der Waals surface area (Å²) in [6.07, 6.45) is 5.77. The van der Waals surface area contributed by atoms with Crippen molar-refractivity contribution in [1.82, 2.24) is 19.6 Å². The Balaban J connectivity index is 0.000000229. The van der Waals surface area contributed by atoms with Crippen LogP contribution < -0.4 is 10.6 Å². The van der Waals surface area contributed by atoms with Gasteiger partial charge in [-0.05, 0) is 100 Å². The third-order valence-corrected chi connectivity index (χ3v) is 9.83. The molecule has 302 valence electrons. The van der Waals surface area contributed by atoms with Gasteiger partial charge in [-0.25, -0.2) is 23.9 Å². The van der Waals surface area contributed by atoms with Crippen molar-refractivity contribution in [2.24, 2.45) is 17.8 Å². The molecule has 2 amide bonds. The van der Waals surface area contributed by atoms with Crippen LogP contribution in [0.3, 0.4) is 0 Å². The molecule has 0 radical (unpaired) electrons. The molecule has 2 aromatic heterocycles. The number of nitrogen functional groups attached to an aromatic ring is 1. The van der Waals surface area contributed by atoms with Gasteiger partial charge >= 0.3 is 11.9 Å². The first kappa shape index (κ1) is 44.7. The lowest BCUT2D eigenvalue weighted by atomic mass is 10.2. The molecule has 57 heavy (non-hydrogen) atoms. The zero-order valence-electron chi connectivity index (χ0n) is 30.3. The predicted octanol–water partition coefficient (Wildman–Crippen LogP) is 7.31. The number of anilines is 2. The first-order valence-corrected chi connectivity index (χ1v) is 19.7. The summed E-state index contributed by atoms with van der Waals surface area (Å²) in [5.41, 5.74) is 6.60. The van der Waals surface area contributed by atoms with Gasteiger partial charge in [0.25, 0.3) is 0 Å². The molecule has 7 rings (SSSR count). The monoisotopic (exact) mass is 930 g/mol. The fourth-order valence-electron chi connectivity index (χ4n) is 5.25. The lowest BCUT2D eigenvalue weighted by Crippen LogP contribution is -2.41. The molecule has 3 fully saturated rings. The highest BCUT2D eigenvalue weighted by molar-refractivity contribution is 9.10. The van der Waals surface area contributed by atoms with E-state index in [2.05, 4.69) is 42.1 Å². The van der Waals surface area contributed by atoms with Crippen molar-refractivity contribution in [2.45, 2.75) is 59.8 Å². The van der Waals surface area contributed by atoms with Gasteiger partial charge in [0.05, 0.1) is 35.7 Å². The molecule has 0 saturated heterocycles. The molecule has 2 N–H and O–H groups in total. The number of nitrogens with zero attached hydrogens (tertiary/aromatic N) is 5. The van der Waals surface area contributed by atoms with E-state index in [0.29, 0.717) is 49.6 Å². The minimum atomic E-state index is -0.785. The van der Waals surface area contributed by atoms with Gasteiger partial charge in [-0.1, -0.05) is 51.4 Å². The maximum absolute atomic E-state index is 13.1. The number of benzene rings is 2. The number of hydrogen-bond acceptors (Lipinski definition) is 12. The number of aromatic nitrogens is 4. The number of nitrogens with two attached hydrogens (primary N) is 1. The molecule has 0 bridgehead atoms. The number of halogens is 3. The van der Waals surface area contributed by atoms with E-state index in [9.17, 15) is 33.6 Å². The topological polar surface area (TPSA) is 203 Å². The second kappa shape index (κ2) is 19.9. The highest BCUT2D eigenvalue weighted by Crippen LogP contribution is 2.40. The van der Waals surface area contributed by atoms with Gasteiger partial charge in [0, 0.05) is 26.7 Å². The van der Waals surface area contributed by atoms with Gasteiger partial charge in [-0.2, -0.15) is 10.2 Å². The Morgan fingerprint density at radius 1 is 0.754 bits per heavy atom. The molecule has 0 atom stereocenters. The van der Waals surface area contributed by atoms with Crippen molar-refractivity contribution in [2.75, 3.05) is 23.8 Å². The third kappa shape index (κ3) is 10.9. The molecular weight excluding hydrogens is 892 g/mol. The summed E-state index contributed by atoms with van der Waals surface area (Å²) in [6, 6.07) is 14.2. The van der Waals surface area contributed by atoms with Crippen LogP contribution in [0.5, 0.6) is 0 Å². The summed E-state index contributed by atoms with van der Waals surface area (Å²) in [7, 11) is 0. The van der Waals surface area contributed by atoms with E-state index in [0.717, 1.165) is 26.7 Å². The van der Waals surface area contributed by atoms with Gasteiger partial charge in [-0.15, -0.1) is 0 Å². The van der Waals surface area contributed by atoms with Crippen LogP contribution in [0.15, 0.2) is 57.5 Å². The lowest BCUT2D eigenvalue weighted by molar-refractivity contribution is -0.128. The Kier molecular flexibility index (Phi) is 15.6. The van der Waals surface area contributed by atoms with Crippen LogP contribution in [0.2, 0.25) is 0 Å². The summed E-state index contributed by atoms with van der Waals surface area (Å²) in [5, 5.41) is 8.22. The van der Waals surface area contributed by atoms with E-state index >= 15 is 0 Å². The Bertz CT molecular complexity index is 2150. The van der Waals surface area contributed by atoms with Gasteiger partial charge < -0.3 is 15.2 Å². The smallest absolute Gasteiger partial charge is 0.359 e. The molecule has 0 unspecified atom stereocenters. The zero-order valence-corrected chi connectivity index (χ0v) is 34.2. The van der Waals surface area contributed by atoms with Crippen LogP contribution >= 0.6 is 43.5 Å². The number of esters is 2. The lowest BCUT2D eigenvalue weighted by Gasteiger charge is -2.22. The zero-order chi connectivity index (χ0) is 40.7. The van der Waals surface area contributed by atoms with E-state index in [4.69, 9.17) is 26.8 Å². The quantitative estimate of drug-likeness (QED) is 0.0644. The van der Waals surface area contributed by atoms with Crippen LogP contribution in [0, 0.1) is 17.8 Å². The highest BCUT2D eigenvalue weighted by atomic mass is 79.9. The largest absolute Gasteiger partial charge is 0.461 e. The summed E-state index contributed by atoms with van der Waals surface area (Å²) >= 11 is 11.8. The molecule has 2 aromatic carbocycles. The van der Waals surface area contributed by atoms with Gasteiger partial charge in [-0.3, -0.25) is 24.0 Å². The number of rotatable bonds is 12. The SMILES string of the molecule is C.CCOC(=O)c1nn(-c2cccc(Br)c2)c(N(C(=O)C2CC2)C(=O)C2CC2)c1C=O.CCOC(=O)c1nn(-c2cccc(Br)c2)c(N)c1C=O.O=C(Cl)C1CC1. The van der Waals surface area contributed by atoms with Gasteiger partial charge in [0.2, 0.25) is 17.1 Å². The third-order valence-electron chi connectivity index (χ3n) is 8.54. The van der Waals surface area contributed by atoms with Crippen LogP contribution in [-0.2, 0) is 23.9 Å². The maximum Gasteiger partial charge on any atom is 0.359 e. The van der Waals surface area contributed by atoms with E-state index in [1.165, 1.54) is 9.36 Å². The van der Waals surface area contributed by atoms with Crippen LogP contribution in [-0.4, -0.2) is 74.3 Å². The fraction of sp³-hybridized carbons (Fsp3) is 0.359. The number of aldehydes is 2.